The summed E-state index contributed by atoms with van der Waals surface area (Å²) in [5, 5.41) is 15.3. The van der Waals surface area contributed by atoms with Crippen molar-refractivity contribution in [1.82, 2.24) is 10.6 Å². The molecule has 3 N–H and O–H groups in total. The molecule has 9 heteroatoms. The molecule has 1 saturated carbocycles. The molecule has 0 aliphatic heterocycles. The van der Waals surface area contributed by atoms with Gasteiger partial charge in [-0.3, -0.25) is 9.59 Å². The van der Waals surface area contributed by atoms with Crippen LogP contribution in [0.1, 0.15) is 59.6 Å². The number of nitrogens with one attached hydrogen (secondary N) is 2. The van der Waals surface area contributed by atoms with Gasteiger partial charge in [-0.1, -0.05) is 31.4 Å². The van der Waals surface area contributed by atoms with Crippen molar-refractivity contribution in [2.45, 2.75) is 50.4 Å². The third-order valence-electron chi connectivity index (χ3n) is 5.48. The fraction of sp³-hybridized carbons (Fsp3) is 0.391. The van der Waals surface area contributed by atoms with Crippen LogP contribution in [0.15, 0.2) is 42.5 Å². The molecule has 0 bridgehead atoms. The maximum atomic E-state index is 13.1. The summed E-state index contributed by atoms with van der Waals surface area (Å²) in [6.45, 7) is 0. The summed E-state index contributed by atoms with van der Waals surface area (Å²) >= 11 is 0. The Morgan fingerprint density at radius 3 is 2.47 bits per heavy atom. The Morgan fingerprint density at radius 1 is 1.09 bits per heavy atom. The Labute approximate surface area is 183 Å². The van der Waals surface area contributed by atoms with E-state index in [4.69, 9.17) is 4.74 Å². The number of hydrogen-bond donors (Lipinski definition) is 3. The van der Waals surface area contributed by atoms with Crippen LogP contribution in [-0.4, -0.2) is 30.1 Å². The van der Waals surface area contributed by atoms with E-state index >= 15 is 0 Å². The van der Waals surface area contributed by atoms with Gasteiger partial charge in [0.15, 0.2) is 11.5 Å². The highest BCUT2D eigenvalue weighted by Gasteiger charge is 2.32. The summed E-state index contributed by atoms with van der Waals surface area (Å²) in [5.74, 6) is -1.35. The molecular weight excluding hydrogens is 425 g/mol. The fourth-order valence-electron chi connectivity index (χ4n) is 3.76. The van der Waals surface area contributed by atoms with Crippen LogP contribution in [-0.2, 0) is 11.0 Å². The van der Waals surface area contributed by atoms with Crippen molar-refractivity contribution in [1.29, 1.82) is 0 Å². The van der Waals surface area contributed by atoms with Gasteiger partial charge in [0.25, 0.3) is 5.91 Å². The molecule has 6 nitrogen and oxygen atoms in total. The molecule has 0 aromatic heterocycles. The van der Waals surface area contributed by atoms with Gasteiger partial charge < -0.3 is 20.5 Å². The van der Waals surface area contributed by atoms with Crippen LogP contribution < -0.4 is 15.4 Å². The number of rotatable bonds is 6. The van der Waals surface area contributed by atoms with Crippen molar-refractivity contribution >= 4 is 11.8 Å². The van der Waals surface area contributed by atoms with Gasteiger partial charge in [0.05, 0.1) is 12.7 Å². The predicted molar refractivity (Wildman–Crippen MR) is 111 cm³/mol. The third-order valence-corrected chi connectivity index (χ3v) is 5.48. The van der Waals surface area contributed by atoms with E-state index in [2.05, 4.69) is 10.6 Å². The third kappa shape index (κ3) is 5.72. The molecule has 1 aliphatic carbocycles. The van der Waals surface area contributed by atoms with Crippen LogP contribution >= 0.6 is 0 Å². The minimum absolute atomic E-state index is 0.0387. The number of methoxy groups -OCH3 is 1. The van der Waals surface area contributed by atoms with E-state index in [1.54, 1.807) is 0 Å². The van der Waals surface area contributed by atoms with Gasteiger partial charge in [-0.25, -0.2) is 0 Å². The highest BCUT2D eigenvalue weighted by Crippen LogP contribution is 2.31. The number of halogens is 3. The van der Waals surface area contributed by atoms with E-state index in [0.29, 0.717) is 5.56 Å². The first kappa shape index (κ1) is 23.4. The quantitative estimate of drug-likeness (QED) is 0.611. The Kier molecular flexibility index (Phi) is 7.27. The summed E-state index contributed by atoms with van der Waals surface area (Å²) in [6.07, 6.45) is 0.103. The number of aromatic hydroxyl groups is 1. The summed E-state index contributed by atoms with van der Waals surface area (Å²) in [6, 6.07) is 6.96. The number of benzene rings is 2. The van der Waals surface area contributed by atoms with Crippen LogP contribution in [0.3, 0.4) is 0 Å². The van der Waals surface area contributed by atoms with Crippen molar-refractivity contribution < 1.29 is 32.6 Å². The number of ether oxygens (including phenoxy) is 1. The van der Waals surface area contributed by atoms with E-state index in [1.165, 1.54) is 31.4 Å². The van der Waals surface area contributed by atoms with Gasteiger partial charge in [-0.05, 0) is 48.7 Å². The van der Waals surface area contributed by atoms with Crippen molar-refractivity contribution in [2.24, 2.45) is 0 Å². The van der Waals surface area contributed by atoms with Crippen molar-refractivity contribution in [3.63, 3.8) is 0 Å². The SMILES string of the molecule is COc1cc(C(NC(=O)c2cccc(C(F)(F)F)c2)C(=O)NC2CCCCC2)ccc1O. The normalized spacial score (nSPS) is 15.6. The fourth-order valence-corrected chi connectivity index (χ4v) is 3.76. The van der Waals surface area contributed by atoms with Gasteiger partial charge in [0, 0.05) is 11.6 Å². The number of carbonyl (C=O) groups is 2. The standard InChI is InChI=1S/C23H25F3N2O4/c1-32-19-13-14(10-11-18(19)29)20(22(31)27-17-8-3-2-4-9-17)28-21(30)15-6-5-7-16(12-15)23(24,25)26/h5-7,10-13,17,20,29H,2-4,8-9H2,1H3,(H,27,31)(H,28,30). The Morgan fingerprint density at radius 2 is 1.81 bits per heavy atom. The predicted octanol–water partition coefficient (Wildman–Crippen LogP) is 4.34. The maximum absolute atomic E-state index is 13.1. The average Bonchev–Trinajstić information content (AvgIpc) is 2.78. The molecule has 0 spiro atoms. The topological polar surface area (TPSA) is 87.7 Å². The molecule has 2 aromatic rings. The smallest absolute Gasteiger partial charge is 0.416 e. The molecular formula is C23H25F3N2O4. The molecule has 1 unspecified atom stereocenters. The number of phenolic OH excluding ortho intramolecular Hbond substituents is 1. The highest BCUT2D eigenvalue weighted by atomic mass is 19.4. The van der Waals surface area contributed by atoms with E-state index in [-0.39, 0.29) is 23.1 Å². The number of hydrogen-bond acceptors (Lipinski definition) is 4. The zero-order valence-electron chi connectivity index (χ0n) is 17.5. The van der Waals surface area contributed by atoms with Gasteiger partial charge in [-0.2, -0.15) is 13.2 Å². The summed E-state index contributed by atoms with van der Waals surface area (Å²) in [7, 11) is 1.34. The Balaban J connectivity index is 1.88. The minimum atomic E-state index is -4.60. The molecule has 1 fully saturated rings. The van der Waals surface area contributed by atoms with Crippen LogP contribution in [0.4, 0.5) is 13.2 Å². The molecule has 2 aromatic carbocycles. The van der Waals surface area contributed by atoms with E-state index in [1.807, 2.05) is 0 Å². The monoisotopic (exact) mass is 450 g/mol. The zero-order valence-corrected chi connectivity index (χ0v) is 17.5. The Bertz CT molecular complexity index is 972. The van der Waals surface area contributed by atoms with Crippen LogP contribution in [0.25, 0.3) is 0 Å². The maximum Gasteiger partial charge on any atom is 0.416 e. The lowest BCUT2D eigenvalue weighted by atomic mass is 9.95. The lowest BCUT2D eigenvalue weighted by Crippen LogP contribution is -2.45. The Hall–Kier alpha value is -3.23. The van der Waals surface area contributed by atoms with Crippen molar-refractivity contribution in [2.75, 3.05) is 7.11 Å². The van der Waals surface area contributed by atoms with Crippen LogP contribution in [0.2, 0.25) is 0 Å². The lowest BCUT2D eigenvalue weighted by molar-refractivity contribution is -0.137. The average molecular weight is 450 g/mol. The zero-order chi connectivity index (χ0) is 23.3. The number of carbonyl (C=O) groups excluding carboxylic acids is 2. The molecule has 1 atom stereocenters. The van der Waals surface area contributed by atoms with Gasteiger partial charge in [0.2, 0.25) is 5.91 Å². The minimum Gasteiger partial charge on any atom is -0.504 e. The van der Waals surface area contributed by atoms with Crippen LogP contribution in [0.5, 0.6) is 11.5 Å². The second-order valence-corrected chi connectivity index (χ2v) is 7.76. The summed E-state index contributed by atoms with van der Waals surface area (Å²) in [5.41, 5.74) is -0.853. The van der Waals surface area contributed by atoms with E-state index < -0.39 is 29.6 Å². The van der Waals surface area contributed by atoms with Gasteiger partial charge >= 0.3 is 6.18 Å². The molecule has 2 amide bonds. The largest absolute Gasteiger partial charge is 0.504 e. The number of amides is 2. The highest BCUT2D eigenvalue weighted by molar-refractivity contribution is 5.98. The van der Waals surface area contributed by atoms with E-state index in [0.717, 1.165) is 50.3 Å². The lowest BCUT2D eigenvalue weighted by Gasteiger charge is -2.26. The second kappa shape index (κ2) is 9.93. The van der Waals surface area contributed by atoms with Crippen LogP contribution in [0, 0.1) is 0 Å². The van der Waals surface area contributed by atoms with Gasteiger partial charge in [-0.15, -0.1) is 0 Å². The molecule has 0 radical (unpaired) electrons. The van der Waals surface area contributed by atoms with E-state index in [9.17, 15) is 27.9 Å². The molecule has 0 heterocycles. The summed E-state index contributed by atoms with van der Waals surface area (Å²) in [4.78, 5) is 25.9. The second-order valence-electron chi connectivity index (χ2n) is 7.76. The first-order valence-electron chi connectivity index (χ1n) is 10.3. The molecule has 172 valence electrons. The number of alkyl halides is 3. The van der Waals surface area contributed by atoms with Crippen molar-refractivity contribution in [3.8, 4) is 11.5 Å². The van der Waals surface area contributed by atoms with Gasteiger partial charge in [0.1, 0.15) is 6.04 Å². The summed E-state index contributed by atoms with van der Waals surface area (Å²) < 4.78 is 44.2. The molecule has 0 saturated heterocycles. The molecule has 3 rings (SSSR count). The van der Waals surface area contributed by atoms with Crippen molar-refractivity contribution in [3.05, 3.63) is 59.2 Å². The first-order valence-corrected chi connectivity index (χ1v) is 10.3. The number of phenols is 1. The first-order chi connectivity index (χ1) is 15.2. The molecule has 1 aliphatic rings. The molecule has 32 heavy (non-hydrogen) atoms.